The van der Waals surface area contributed by atoms with Crippen molar-refractivity contribution in [1.82, 2.24) is 0 Å². The van der Waals surface area contributed by atoms with Gasteiger partial charge in [0.2, 0.25) is 5.60 Å². The van der Waals surface area contributed by atoms with E-state index in [2.05, 4.69) is 31.9 Å². The number of halogens is 2. The number of aryl methyl sites for hydroxylation is 1. The average Bonchev–Trinajstić information content (AvgIpc) is 2.42. The third-order valence-corrected chi connectivity index (χ3v) is 4.33. The molecule has 0 bridgehead atoms. The molecule has 0 heterocycles. The van der Waals surface area contributed by atoms with Crippen LogP contribution in [0.3, 0.4) is 0 Å². The van der Waals surface area contributed by atoms with Crippen LogP contribution in [-0.2, 0) is 10.4 Å². The Morgan fingerprint density at radius 1 is 1.14 bits per heavy atom. The Kier molecular flexibility index (Phi) is 4.74. The van der Waals surface area contributed by atoms with E-state index in [1.807, 2.05) is 25.1 Å². The van der Waals surface area contributed by atoms with E-state index in [0.29, 0.717) is 15.8 Å². The quantitative estimate of drug-likeness (QED) is 0.775. The van der Waals surface area contributed by atoms with E-state index in [0.717, 1.165) is 10.0 Å². The number of carbonyl (C=O) groups is 1. The van der Waals surface area contributed by atoms with Crippen molar-refractivity contribution in [2.24, 2.45) is 0 Å². The fraction of sp³-hybridized carbons (Fsp3) is 0.188. The standard InChI is InChI=1S/C16H14Br2O3/c1-10-3-5-11(6-4-10)16(2,15(19)20)21-14-8-7-12(17)9-13(14)18/h3-9H,1-2H3,(H,19,20). The highest BCUT2D eigenvalue weighted by atomic mass is 79.9. The molecule has 3 nitrogen and oxygen atoms in total. The Morgan fingerprint density at radius 3 is 2.29 bits per heavy atom. The lowest BCUT2D eigenvalue weighted by atomic mass is 9.95. The zero-order valence-corrected chi connectivity index (χ0v) is 14.7. The molecule has 0 fully saturated rings. The van der Waals surface area contributed by atoms with E-state index >= 15 is 0 Å². The molecule has 0 aliphatic carbocycles. The Hall–Kier alpha value is -1.33. The highest BCUT2D eigenvalue weighted by Gasteiger charge is 2.38. The van der Waals surface area contributed by atoms with E-state index in [9.17, 15) is 9.90 Å². The van der Waals surface area contributed by atoms with Gasteiger partial charge in [-0.05, 0) is 48.0 Å². The fourth-order valence-corrected chi connectivity index (χ4v) is 3.00. The van der Waals surface area contributed by atoms with E-state index in [4.69, 9.17) is 4.74 Å². The number of ether oxygens (including phenoxy) is 1. The van der Waals surface area contributed by atoms with Crippen LogP contribution in [0.1, 0.15) is 18.1 Å². The minimum atomic E-state index is -1.45. The normalized spacial score (nSPS) is 13.5. The molecule has 21 heavy (non-hydrogen) atoms. The van der Waals surface area contributed by atoms with Crippen LogP contribution in [0.15, 0.2) is 51.4 Å². The molecule has 1 N–H and O–H groups in total. The first-order valence-corrected chi connectivity index (χ1v) is 7.86. The zero-order valence-electron chi connectivity index (χ0n) is 11.6. The topological polar surface area (TPSA) is 46.5 Å². The van der Waals surface area contributed by atoms with Crippen LogP contribution in [0, 0.1) is 6.92 Å². The summed E-state index contributed by atoms with van der Waals surface area (Å²) in [6.45, 7) is 3.50. The lowest BCUT2D eigenvalue weighted by Gasteiger charge is -2.27. The number of carboxylic acids is 1. The van der Waals surface area contributed by atoms with Gasteiger partial charge in [-0.15, -0.1) is 0 Å². The number of rotatable bonds is 4. The molecule has 0 amide bonds. The second-order valence-corrected chi connectivity index (χ2v) is 6.65. The first-order chi connectivity index (χ1) is 9.83. The molecular weight excluding hydrogens is 400 g/mol. The van der Waals surface area contributed by atoms with E-state index in [1.54, 1.807) is 31.2 Å². The molecule has 0 aromatic heterocycles. The van der Waals surface area contributed by atoms with Crippen LogP contribution in [-0.4, -0.2) is 11.1 Å². The van der Waals surface area contributed by atoms with E-state index in [1.165, 1.54) is 0 Å². The number of hydrogen-bond acceptors (Lipinski definition) is 2. The minimum absolute atomic E-state index is 0.476. The molecule has 0 aliphatic rings. The molecule has 5 heteroatoms. The maximum absolute atomic E-state index is 11.7. The SMILES string of the molecule is Cc1ccc(C(C)(Oc2ccc(Br)cc2Br)C(=O)O)cc1. The summed E-state index contributed by atoms with van der Waals surface area (Å²) in [6, 6.07) is 12.6. The van der Waals surface area contributed by atoms with Gasteiger partial charge in [-0.25, -0.2) is 4.79 Å². The molecule has 1 unspecified atom stereocenters. The van der Waals surface area contributed by atoms with Crippen LogP contribution < -0.4 is 4.74 Å². The summed E-state index contributed by atoms with van der Waals surface area (Å²) in [5.41, 5.74) is 0.205. The van der Waals surface area contributed by atoms with Gasteiger partial charge in [-0.2, -0.15) is 0 Å². The molecule has 110 valence electrons. The van der Waals surface area contributed by atoms with Gasteiger partial charge in [0.15, 0.2) is 0 Å². The average molecular weight is 414 g/mol. The van der Waals surface area contributed by atoms with Crippen LogP contribution in [0.25, 0.3) is 0 Å². The van der Waals surface area contributed by atoms with Crippen LogP contribution in [0.5, 0.6) is 5.75 Å². The van der Waals surface area contributed by atoms with Crippen molar-refractivity contribution < 1.29 is 14.6 Å². The summed E-state index contributed by atoms with van der Waals surface area (Å²) in [6.07, 6.45) is 0. The Bertz CT molecular complexity index is 668. The Morgan fingerprint density at radius 2 is 1.76 bits per heavy atom. The smallest absolute Gasteiger partial charge is 0.352 e. The predicted molar refractivity (Wildman–Crippen MR) is 88.6 cm³/mol. The van der Waals surface area contributed by atoms with Crippen molar-refractivity contribution >= 4 is 37.8 Å². The molecular formula is C16H14Br2O3. The third-order valence-electron chi connectivity index (χ3n) is 3.22. The van der Waals surface area contributed by atoms with Gasteiger partial charge in [0.25, 0.3) is 0 Å². The molecule has 2 aromatic carbocycles. The molecule has 0 radical (unpaired) electrons. The summed E-state index contributed by atoms with van der Waals surface area (Å²) in [5, 5.41) is 9.61. The van der Waals surface area contributed by atoms with Crippen molar-refractivity contribution in [3.05, 3.63) is 62.5 Å². The largest absolute Gasteiger partial charge is 0.478 e. The Labute approximate surface area is 140 Å². The summed E-state index contributed by atoms with van der Waals surface area (Å²) in [4.78, 5) is 11.7. The van der Waals surface area contributed by atoms with Crippen molar-refractivity contribution in [2.45, 2.75) is 19.4 Å². The molecule has 1 atom stereocenters. The number of carboxylic acid groups (broad SMARTS) is 1. The molecule has 0 aliphatic heterocycles. The van der Waals surface area contributed by atoms with Crippen LogP contribution in [0.4, 0.5) is 0 Å². The molecule has 2 rings (SSSR count). The highest BCUT2D eigenvalue weighted by molar-refractivity contribution is 9.11. The van der Waals surface area contributed by atoms with Gasteiger partial charge in [0, 0.05) is 10.0 Å². The van der Waals surface area contributed by atoms with Gasteiger partial charge in [-0.3, -0.25) is 0 Å². The maximum Gasteiger partial charge on any atom is 0.352 e. The summed E-state index contributed by atoms with van der Waals surface area (Å²) < 4.78 is 7.38. The van der Waals surface area contributed by atoms with Crippen LogP contribution in [0.2, 0.25) is 0 Å². The van der Waals surface area contributed by atoms with Crippen molar-refractivity contribution in [3.8, 4) is 5.75 Å². The second kappa shape index (κ2) is 6.20. The van der Waals surface area contributed by atoms with Gasteiger partial charge < -0.3 is 9.84 Å². The van der Waals surface area contributed by atoms with E-state index < -0.39 is 11.6 Å². The van der Waals surface area contributed by atoms with Crippen molar-refractivity contribution in [2.75, 3.05) is 0 Å². The number of hydrogen-bond donors (Lipinski definition) is 1. The molecule has 0 saturated heterocycles. The molecule has 0 saturated carbocycles. The zero-order chi connectivity index (χ0) is 15.6. The lowest BCUT2D eigenvalue weighted by Crippen LogP contribution is -2.38. The van der Waals surface area contributed by atoms with Crippen molar-refractivity contribution in [1.29, 1.82) is 0 Å². The van der Waals surface area contributed by atoms with Gasteiger partial charge in [0.05, 0.1) is 4.47 Å². The lowest BCUT2D eigenvalue weighted by molar-refractivity contribution is -0.154. The Balaban J connectivity index is 2.43. The first-order valence-electron chi connectivity index (χ1n) is 6.27. The first kappa shape index (κ1) is 16.0. The second-order valence-electron chi connectivity index (χ2n) is 4.88. The minimum Gasteiger partial charge on any atom is -0.478 e. The molecule has 2 aromatic rings. The third kappa shape index (κ3) is 3.47. The number of benzene rings is 2. The fourth-order valence-electron chi connectivity index (χ4n) is 1.88. The number of aliphatic carboxylic acids is 1. The summed E-state index contributed by atoms with van der Waals surface area (Å²) in [5.74, 6) is -0.565. The van der Waals surface area contributed by atoms with Gasteiger partial charge in [-0.1, -0.05) is 45.8 Å². The molecule has 0 spiro atoms. The highest BCUT2D eigenvalue weighted by Crippen LogP contribution is 2.35. The van der Waals surface area contributed by atoms with E-state index in [-0.39, 0.29) is 0 Å². The van der Waals surface area contributed by atoms with Gasteiger partial charge in [0.1, 0.15) is 5.75 Å². The monoisotopic (exact) mass is 412 g/mol. The van der Waals surface area contributed by atoms with Crippen LogP contribution >= 0.6 is 31.9 Å². The maximum atomic E-state index is 11.7. The predicted octanol–water partition coefficient (Wildman–Crippen LogP) is 4.90. The van der Waals surface area contributed by atoms with Crippen molar-refractivity contribution in [3.63, 3.8) is 0 Å². The summed E-state index contributed by atoms with van der Waals surface area (Å²) in [7, 11) is 0. The van der Waals surface area contributed by atoms with Gasteiger partial charge >= 0.3 is 5.97 Å². The summed E-state index contributed by atoms with van der Waals surface area (Å²) >= 11 is 6.74.